The second-order valence-electron chi connectivity index (χ2n) is 5.25. The number of rotatable bonds is 6. The summed E-state index contributed by atoms with van der Waals surface area (Å²) in [4.78, 5) is 24.4. The molecular formula is C18H20N2O5S2. The number of methoxy groups -OCH3 is 2. The van der Waals surface area contributed by atoms with Crippen molar-refractivity contribution in [3.63, 3.8) is 0 Å². The highest BCUT2D eigenvalue weighted by Gasteiger charge is 2.26. The number of benzene rings is 1. The molecule has 0 aliphatic rings. The highest BCUT2D eigenvalue weighted by Crippen LogP contribution is 2.34. The van der Waals surface area contributed by atoms with Gasteiger partial charge in [0.15, 0.2) is 5.11 Å². The molecule has 0 fully saturated rings. The van der Waals surface area contributed by atoms with Crippen LogP contribution in [0.4, 0.5) is 10.7 Å². The normalized spacial score (nSPS) is 10.1. The van der Waals surface area contributed by atoms with Crippen LogP contribution in [0.25, 0.3) is 0 Å². The van der Waals surface area contributed by atoms with E-state index in [9.17, 15) is 9.59 Å². The van der Waals surface area contributed by atoms with Gasteiger partial charge in [0.2, 0.25) is 0 Å². The third-order valence-electron chi connectivity index (χ3n) is 3.57. The second kappa shape index (κ2) is 9.33. The second-order valence-corrected chi connectivity index (χ2v) is 6.68. The molecule has 0 saturated carbocycles. The van der Waals surface area contributed by atoms with E-state index in [1.54, 1.807) is 6.92 Å². The fraction of sp³-hybridized carbons (Fsp3) is 0.278. The van der Waals surface area contributed by atoms with Gasteiger partial charge < -0.3 is 24.8 Å². The van der Waals surface area contributed by atoms with Gasteiger partial charge in [0.25, 0.3) is 0 Å². The number of thiophene rings is 1. The standard InChI is InChI=1S/C18H20N2O5S2/c1-5-25-12-9-7-6-8-11(12)19-18(26)20-15-13(16(21)23-3)10(2)14(27-15)17(22)24-4/h6-9H,5H2,1-4H3,(H2,19,20,26). The minimum Gasteiger partial charge on any atom is -0.492 e. The number of para-hydroxylation sites is 2. The fourth-order valence-corrected chi connectivity index (χ4v) is 3.74. The average Bonchev–Trinajstić information content (AvgIpc) is 2.98. The van der Waals surface area contributed by atoms with Gasteiger partial charge in [0.1, 0.15) is 15.6 Å². The number of hydrogen-bond acceptors (Lipinski definition) is 7. The number of ether oxygens (including phenoxy) is 3. The lowest BCUT2D eigenvalue weighted by molar-refractivity contribution is 0.0601. The van der Waals surface area contributed by atoms with Crippen molar-refractivity contribution in [3.8, 4) is 5.75 Å². The first kappa shape index (κ1) is 20.7. The maximum absolute atomic E-state index is 12.2. The summed E-state index contributed by atoms with van der Waals surface area (Å²) in [5.41, 5.74) is 1.39. The quantitative estimate of drug-likeness (QED) is 0.551. The third kappa shape index (κ3) is 4.75. The monoisotopic (exact) mass is 408 g/mol. The van der Waals surface area contributed by atoms with Crippen LogP contribution < -0.4 is 15.4 Å². The number of anilines is 2. The van der Waals surface area contributed by atoms with Crippen molar-refractivity contribution < 1.29 is 23.8 Å². The van der Waals surface area contributed by atoms with Crippen LogP contribution in [0.3, 0.4) is 0 Å². The Kier molecular flexibility index (Phi) is 7.14. The highest BCUT2D eigenvalue weighted by molar-refractivity contribution is 7.80. The van der Waals surface area contributed by atoms with Crippen molar-refractivity contribution in [3.05, 3.63) is 40.3 Å². The molecule has 0 spiro atoms. The lowest BCUT2D eigenvalue weighted by Gasteiger charge is -2.14. The van der Waals surface area contributed by atoms with E-state index in [0.29, 0.717) is 33.5 Å². The lowest BCUT2D eigenvalue weighted by Crippen LogP contribution is -2.20. The van der Waals surface area contributed by atoms with Gasteiger partial charge in [-0.15, -0.1) is 11.3 Å². The Balaban J connectivity index is 2.29. The minimum absolute atomic E-state index is 0.241. The number of thiocarbonyl (C=S) groups is 1. The van der Waals surface area contributed by atoms with Crippen LogP contribution in [0.5, 0.6) is 5.75 Å². The molecule has 2 aromatic rings. The van der Waals surface area contributed by atoms with Gasteiger partial charge in [0, 0.05) is 0 Å². The predicted molar refractivity (Wildman–Crippen MR) is 109 cm³/mol. The third-order valence-corrected chi connectivity index (χ3v) is 4.96. The topological polar surface area (TPSA) is 85.9 Å². The van der Waals surface area contributed by atoms with Crippen LogP contribution >= 0.6 is 23.6 Å². The van der Waals surface area contributed by atoms with E-state index in [4.69, 9.17) is 26.4 Å². The number of nitrogens with one attached hydrogen (secondary N) is 2. The molecule has 27 heavy (non-hydrogen) atoms. The molecule has 0 radical (unpaired) electrons. The van der Waals surface area contributed by atoms with Crippen molar-refractivity contribution in [1.82, 2.24) is 0 Å². The Morgan fingerprint density at radius 3 is 2.41 bits per heavy atom. The van der Waals surface area contributed by atoms with Crippen LogP contribution in [0, 0.1) is 6.92 Å². The molecule has 0 saturated heterocycles. The van der Waals surface area contributed by atoms with Gasteiger partial charge in [-0.2, -0.15) is 0 Å². The van der Waals surface area contributed by atoms with E-state index in [-0.39, 0.29) is 10.7 Å². The molecule has 7 nitrogen and oxygen atoms in total. The molecule has 2 N–H and O–H groups in total. The Hall–Kier alpha value is -2.65. The van der Waals surface area contributed by atoms with Crippen LogP contribution in [0.15, 0.2) is 24.3 Å². The zero-order valence-corrected chi connectivity index (χ0v) is 17.0. The van der Waals surface area contributed by atoms with Gasteiger partial charge in [-0.1, -0.05) is 12.1 Å². The van der Waals surface area contributed by atoms with Crippen LogP contribution in [-0.2, 0) is 9.47 Å². The Labute approximate surface area is 166 Å². The molecule has 144 valence electrons. The summed E-state index contributed by atoms with van der Waals surface area (Å²) in [6.45, 7) is 4.05. The van der Waals surface area contributed by atoms with Crippen LogP contribution in [0.1, 0.15) is 32.5 Å². The molecule has 0 atom stereocenters. The molecule has 2 rings (SSSR count). The van der Waals surface area contributed by atoms with Crippen molar-refractivity contribution in [2.75, 3.05) is 31.5 Å². The molecule has 0 aliphatic carbocycles. The first-order valence-electron chi connectivity index (χ1n) is 8.02. The number of carbonyl (C=O) groups is 2. The maximum Gasteiger partial charge on any atom is 0.348 e. The zero-order chi connectivity index (χ0) is 20.0. The smallest absolute Gasteiger partial charge is 0.348 e. The maximum atomic E-state index is 12.2. The summed E-state index contributed by atoms with van der Waals surface area (Å²) >= 11 is 6.42. The molecule has 0 unspecified atom stereocenters. The molecule has 0 aliphatic heterocycles. The van der Waals surface area contributed by atoms with E-state index in [2.05, 4.69) is 10.6 Å². The highest BCUT2D eigenvalue weighted by atomic mass is 32.1. The first-order chi connectivity index (χ1) is 12.9. The molecule has 1 heterocycles. The Bertz CT molecular complexity index is 863. The first-order valence-corrected chi connectivity index (χ1v) is 9.25. The number of esters is 2. The molecule has 0 bridgehead atoms. The Morgan fingerprint density at radius 1 is 1.11 bits per heavy atom. The fourth-order valence-electron chi connectivity index (χ4n) is 2.34. The van der Waals surface area contributed by atoms with Crippen LogP contribution in [0.2, 0.25) is 0 Å². The predicted octanol–water partition coefficient (Wildman–Crippen LogP) is 3.84. The van der Waals surface area contributed by atoms with Crippen molar-refractivity contribution >= 4 is 51.3 Å². The van der Waals surface area contributed by atoms with Crippen molar-refractivity contribution in [2.45, 2.75) is 13.8 Å². The van der Waals surface area contributed by atoms with Crippen molar-refractivity contribution in [1.29, 1.82) is 0 Å². The summed E-state index contributed by atoms with van der Waals surface area (Å²) < 4.78 is 15.2. The number of hydrogen-bond donors (Lipinski definition) is 2. The average molecular weight is 409 g/mol. The molecular weight excluding hydrogens is 388 g/mol. The van der Waals surface area contributed by atoms with E-state index in [0.717, 1.165) is 11.3 Å². The van der Waals surface area contributed by atoms with E-state index >= 15 is 0 Å². The van der Waals surface area contributed by atoms with Gasteiger partial charge in [0.05, 0.1) is 32.1 Å². The number of carbonyl (C=O) groups excluding carboxylic acids is 2. The summed E-state index contributed by atoms with van der Waals surface area (Å²) in [6, 6.07) is 7.34. The molecule has 1 aromatic carbocycles. The summed E-state index contributed by atoms with van der Waals surface area (Å²) in [5, 5.41) is 6.63. The van der Waals surface area contributed by atoms with Gasteiger partial charge in [-0.25, -0.2) is 9.59 Å². The SMILES string of the molecule is CCOc1ccccc1NC(=S)Nc1sc(C(=O)OC)c(C)c1C(=O)OC. The van der Waals surface area contributed by atoms with Gasteiger partial charge in [-0.05, 0) is 43.8 Å². The zero-order valence-electron chi connectivity index (χ0n) is 15.4. The molecule has 0 amide bonds. The van der Waals surface area contributed by atoms with Crippen molar-refractivity contribution in [2.24, 2.45) is 0 Å². The van der Waals surface area contributed by atoms with Gasteiger partial charge in [-0.3, -0.25) is 0 Å². The largest absolute Gasteiger partial charge is 0.492 e. The van der Waals surface area contributed by atoms with E-state index in [1.165, 1.54) is 14.2 Å². The molecule has 1 aromatic heterocycles. The lowest BCUT2D eigenvalue weighted by atomic mass is 10.1. The summed E-state index contributed by atoms with van der Waals surface area (Å²) in [5.74, 6) is -0.454. The summed E-state index contributed by atoms with van der Waals surface area (Å²) in [6.07, 6.45) is 0. The molecule has 9 heteroatoms. The minimum atomic E-state index is -0.570. The van der Waals surface area contributed by atoms with E-state index < -0.39 is 11.9 Å². The van der Waals surface area contributed by atoms with Gasteiger partial charge >= 0.3 is 11.9 Å². The van der Waals surface area contributed by atoms with Crippen LogP contribution in [-0.4, -0.2) is 37.9 Å². The van der Waals surface area contributed by atoms with E-state index in [1.807, 2.05) is 31.2 Å². The Morgan fingerprint density at radius 2 is 1.78 bits per heavy atom. The summed E-state index contributed by atoms with van der Waals surface area (Å²) in [7, 11) is 2.55.